The van der Waals surface area contributed by atoms with Gasteiger partial charge in [-0.05, 0) is 33.9 Å². The molecule has 27 heavy (non-hydrogen) atoms. The molecule has 0 bridgehead atoms. The summed E-state index contributed by atoms with van der Waals surface area (Å²) in [5, 5.41) is 6.90. The number of hydrogen-bond acceptors (Lipinski definition) is 5. The van der Waals surface area contributed by atoms with Gasteiger partial charge in [0.1, 0.15) is 6.33 Å². The lowest BCUT2D eigenvalue weighted by atomic mass is 9.96. The number of fused-ring (bicyclic) bond motifs is 1. The van der Waals surface area contributed by atoms with Gasteiger partial charge in [-0.2, -0.15) is 10.1 Å². The summed E-state index contributed by atoms with van der Waals surface area (Å²) in [5.41, 5.74) is 6.62. The minimum atomic E-state index is 0.722. The molecular formula is C21H23N5O. The van der Waals surface area contributed by atoms with Crippen LogP contribution in [0.2, 0.25) is 0 Å². The molecule has 6 heteroatoms. The van der Waals surface area contributed by atoms with Crippen molar-refractivity contribution in [3.8, 4) is 11.1 Å². The van der Waals surface area contributed by atoms with Crippen LogP contribution in [-0.2, 0) is 24.5 Å². The normalized spacial score (nSPS) is 17.3. The zero-order valence-corrected chi connectivity index (χ0v) is 15.3. The number of nitrogens with one attached hydrogen (secondary N) is 1. The summed E-state index contributed by atoms with van der Waals surface area (Å²) < 4.78 is 5.64. The number of nitrogens with zero attached hydrogens (tertiary/aromatic N) is 4. The first-order valence-corrected chi connectivity index (χ1v) is 9.47. The van der Waals surface area contributed by atoms with E-state index in [1.807, 2.05) is 0 Å². The summed E-state index contributed by atoms with van der Waals surface area (Å²) >= 11 is 0. The van der Waals surface area contributed by atoms with Crippen molar-refractivity contribution in [3.05, 3.63) is 65.5 Å². The van der Waals surface area contributed by atoms with Gasteiger partial charge in [-0.15, -0.1) is 0 Å². The molecule has 1 aromatic heterocycles. The highest BCUT2D eigenvalue weighted by Gasteiger charge is 2.20. The Balaban J connectivity index is 1.29. The molecule has 0 amide bonds. The number of aromatic nitrogens is 3. The van der Waals surface area contributed by atoms with E-state index < -0.39 is 0 Å². The maximum absolute atomic E-state index is 5.64. The predicted molar refractivity (Wildman–Crippen MR) is 104 cm³/mol. The number of anilines is 1. The molecule has 0 atom stereocenters. The Labute approximate surface area is 158 Å². The summed E-state index contributed by atoms with van der Waals surface area (Å²) in [5.74, 6) is 0.872. The van der Waals surface area contributed by atoms with Crippen molar-refractivity contribution in [2.45, 2.75) is 19.8 Å². The van der Waals surface area contributed by atoms with E-state index in [-0.39, 0.29) is 0 Å². The Kier molecular flexibility index (Phi) is 4.35. The van der Waals surface area contributed by atoms with Gasteiger partial charge in [0.05, 0.1) is 13.2 Å². The van der Waals surface area contributed by atoms with E-state index in [1.54, 1.807) is 6.33 Å². The summed E-state index contributed by atoms with van der Waals surface area (Å²) in [4.78, 5) is 9.01. The van der Waals surface area contributed by atoms with Crippen LogP contribution in [0.25, 0.3) is 11.1 Å². The molecule has 2 aromatic carbocycles. The Morgan fingerprint density at radius 3 is 2.74 bits per heavy atom. The third-order valence-electron chi connectivity index (χ3n) is 5.50. The fraction of sp³-hybridized carbons (Fsp3) is 0.333. The second kappa shape index (κ2) is 7.13. The van der Waals surface area contributed by atoms with Crippen LogP contribution in [0.15, 0.2) is 48.8 Å². The SMILES string of the molecule is c1cc(CN2CCN(c3ncn[nH]3)CC2)cc(-c2cccc3c2COC3)c1. The lowest BCUT2D eigenvalue weighted by Gasteiger charge is -2.34. The molecular weight excluding hydrogens is 338 g/mol. The summed E-state index contributed by atoms with van der Waals surface area (Å²) in [6.45, 7) is 6.43. The maximum Gasteiger partial charge on any atom is 0.221 e. The van der Waals surface area contributed by atoms with Crippen LogP contribution in [0.3, 0.4) is 0 Å². The van der Waals surface area contributed by atoms with Crippen molar-refractivity contribution < 1.29 is 4.74 Å². The molecule has 0 aliphatic carbocycles. The number of rotatable bonds is 4. The molecule has 0 unspecified atom stereocenters. The lowest BCUT2D eigenvalue weighted by Crippen LogP contribution is -2.46. The molecule has 1 N–H and O–H groups in total. The first-order chi connectivity index (χ1) is 13.4. The van der Waals surface area contributed by atoms with Gasteiger partial charge >= 0.3 is 0 Å². The molecule has 2 aliphatic rings. The van der Waals surface area contributed by atoms with E-state index in [1.165, 1.54) is 27.8 Å². The largest absolute Gasteiger partial charge is 0.372 e. The molecule has 3 aromatic rings. The average Bonchev–Trinajstić information content (AvgIpc) is 3.40. The highest BCUT2D eigenvalue weighted by molar-refractivity contribution is 5.69. The van der Waals surface area contributed by atoms with E-state index in [0.717, 1.165) is 51.9 Å². The van der Waals surface area contributed by atoms with Crippen molar-refractivity contribution in [1.82, 2.24) is 20.1 Å². The summed E-state index contributed by atoms with van der Waals surface area (Å²) in [6, 6.07) is 15.5. The molecule has 0 radical (unpaired) electrons. The smallest absolute Gasteiger partial charge is 0.221 e. The Morgan fingerprint density at radius 1 is 1.00 bits per heavy atom. The van der Waals surface area contributed by atoms with Gasteiger partial charge in [0.15, 0.2) is 0 Å². The highest BCUT2D eigenvalue weighted by Crippen LogP contribution is 2.31. The zero-order valence-electron chi connectivity index (χ0n) is 15.3. The second-order valence-corrected chi connectivity index (χ2v) is 7.21. The third kappa shape index (κ3) is 3.34. The van der Waals surface area contributed by atoms with Crippen molar-refractivity contribution in [2.24, 2.45) is 0 Å². The van der Waals surface area contributed by atoms with Gasteiger partial charge < -0.3 is 9.64 Å². The van der Waals surface area contributed by atoms with Gasteiger partial charge in [0.25, 0.3) is 0 Å². The monoisotopic (exact) mass is 361 g/mol. The standard InChI is InChI=1S/C21H23N5O/c1-3-16(12-25-7-9-26(10-8-25)21-22-15-23-24-21)11-17(4-1)19-6-2-5-18-13-27-14-20(18)19/h1-6,11,15H,7-10,12-14H2,(H,22,23,24). The van der Waals surface area contributed by atoms with Crippen LogP contribution in [0.5, 0.6) is 0 Å². The van der Waals surface area contributed by atoms with E-state index in [9.17, 15) is 0 Å². The Bertz CT molecular complexity index is 916. The van der Waals surface area contributed by atoms with Gasteiger partial charge in [-0.3, -0.25) is 4.90 Å². The lowest BCUT2D eigenvalue weighted by molar-refractivity contribution is 0.134. The van der Waals surface area contributed by atoms with E-state index in [2.05, 4.69) is 67.4 Å². The molecule has 6 nitrogen and oxygen atoms in total. The van der Waals surface area contributed by atoms with Crippen LogP contribution >= 0.6 is 0 Å². The van der Waals surface area contributed by atoms with Crippen LogP contribution < -0.4 is 4.90 Å². The van der Waals surface area contributed by atoms with Crippen molar-refractivity contribution in [3.63, 3.8) is 0 Å². The van der Waals surface area contributed by atoms with Crippen molar-refractivity contribution in [2.75, 3.05) is 31.1 Å². The number of aromatic amines is 1. The molecule has 138 valence electrons. The molecule has 3 heterocycles. The van der Waals surface area contributed by atoms with Crippen molar-refractivity contribution >= 4 is 5.95 Å². The fourth-order valence-electron chi connectivity index (χ4n) is 4.04. The summed E-state index contributed by atoms with van der Waals surface area (Å²) in [6.07, 6.45) is 1.57. The number of benzene rings is 2. The van der Waals surface area contributed by atoms with Gasteiger partial charge in [-0.25, -0.2) is 5.10 Å². The molecule has 5 rings (SSSR count). The van der Waals surface area contributed by atoms with Crippen LogP contribution in [-0.4, -0.2) is 46.3 Å². The molecule has 1 saturated heterocycles. The number of piperazine rings is 1. The van der Waals surface area contributed by atoms with Gasteiger partial charge in [0.2, 0.25) is 5.95 Å². The van der Waals surface area contributed by atoms with Crippen LogP contribution in [0.1, 0.15) is 16.7 Å². The van der Waals surface area contributed by atoms with E-state index in [4.69, 9.17) is 4.74 Å². The van der Waals surface area contributed by atoms with E-state index >= 15 is 0 Å². The zero-order chi connectivity index (χ0) is 18.1. The fourth-order valence-corrected chi connectivity index (χ4v) is 4.04. The topological polar surface area (TPSA) is 57.3 Å². The average molecular weight is 361 g/mol. The Morgan fingerprint density at radius 2 is 1.89 bits per heavy atom. The van der Waals surface area contributed by atoms with Crippen LogP contribution in [0.4, 0.5) is 5.95 Å². The number of ether oxygens (including phenoxy) is 1. The van der Waals surface area contributed by atoms with Gasteiger partial charge in [-0.1, -0.05) is 36.4 Å². The van der Waals surface area contributed by atoms with Crippen molar-refractivity contribution in [1.29, 1.82) is 0 Å². The highest BCUT2D eigenvalue weighted by atomic mass is 16.5. The Hall–Kier alpha value is -2.70. The predicted octanol–water partition coefficient (Wildman–Crippen LogP) is 2.82. The summed E-state index contributed by atoms with van der Waals surface area (Å²) in [7, 11) is 0. The van der Waals surface area contributed by atoms with Crippen LogP contribution in [0, 0.1) is 0 Å². The maximum atomic E-state index is 5.64. The number of hydrogen-bond donors (Lipinski definition) is 1. The van der Waals surface area contributed by atoms with Gasteiger partial charge in [0, 0.05) is 32.7 Å². The molecule has 0 saturated carbocycles. The minimum Gasteiger partial charge on any atom is -0.372 e. The number of H-pyrrole nitrogens is 1. The molecule has 2 aliphatic heterocycles. The molecule has 1 fully saturated rings. The first-order valence-electron chi connectivity index (χ1n) is 9.47. The third-order valence-corrected chi connectivity index (χ3v) is 5.50. The van der Waals surface area contributed by atoms with E-state index in [0.29, 0.717) is 0 Å². The molecule has 0 spiro atoms. The second-order valence-electron chi connectivity index (χ2n) is 7.21. The first kappa shape index (κ1) is 16.5. The quantitative estimate of drug-likeness (QED) is 0.774. The minimum absolute atomic E-state index is 0.722.